The molecule has 1 heterocycles. The number of nitrogens with two attached hydrogens (primary N) is 1. The molecular formula is C16H20N2. The van der Waals surface area contributed by atoms with E-state index in [1.165, 1.54) is 5.56 Å². The summed E-state index contributed by atoms with van der Waals surface area (Å²) in [7, 11) is 0. The first-order valence-corrected chi connectivity index (χ1v) is 6.21. The summed E-state index contributed by atoms with van der Waals surface area (Å²) in [5.41, 5.74) is 11.3. The molecule has 0 amide bonds. The molecule has 1 aromatic carbocycles. The number of aromatic nitrogens is 1. The number of pyridine rings is 1. The van der Waals surface area contributed by atoms with E-state index in [0.29, 0.717) is 0 Å². The number of nitrogens with zero attached hydrogens (tertiary/aromatic N) is 1. The molecule has 2 nitrogen and oxygen atoms in total. The van der Waals surface area contributed by atoms with Crippen molar-refractivity contribution in [3.63, 3.8) is 0 Å². The van der Waals surface area contributed by atoms with Crippen LogP contribution in [0.5, 0.6) is 0 Å². The van der Waals surface area contributed by atoms with Crippen molar-refractivity contribution >= 4 is 5.69 Å². The maximum atomic E-state index is 6.01. The van der Waals surface area contributed by atoms with Crippen molar-refractivity contribution in [2.75, 3.05) is 5.73 Å². The topological polar surface area (TPSA) is 38.9 Å². The number of aryl methyl sites for hydroxylation is 1. The summed E-state index contributed by atoms with van der Waals surface area (Å²) in [6, 6.07) is 10.4. The Morgan fingerprint density at radius 1 is 1.06 bits per heavy atom. The molecular weight excluding hydrogens is 220 g/mol. The largest absolute Gasteiger partial charge is 0.397 e. The van der Waals surface area contributed by atoms with Crippen LogP contribution in [0.1, 0.15) is 31.9 Å². The number of benzene rings is 1. The zero-order valence-corrected chi connectivity index (χ0v) is 11.5. The van der Waals surface area contributed by atoms with Gasteiger partial charge in [-0.1, -0.05) is 45.0 Å². The Morgan fingerprint density at radius 3 is 2.17 bits per heavy atom. The zero-order valence-electron chi connectivity index (χ0n) is 11.5. The number of hydrogen-bond donors (Lipinski definition) is 1. The average molecular weight is 240 g/mol. The van der Waals surface area contributed by atoms with Crippen LogP contribution in [0, 0.1) is 6.92 Å². The predicted octanol–water partition coefficient (Wildman–Crippen LogP) is 3.94. The summed E-state index contributed by atoms with van der Waals surface area (Å²) in [5.74, 6) is 0. The summed E-state index contributed by atoms with van der Waals surface area (Å²) >= 11 is 0. The van der Waals surface area contributed by atoms with E-state index >= 15 is 0 Å². The normalized spacial score (nSPS) is 11.6. The van der Waals surface area contributed by atoms with Crippen LogP contribution in [0.4, 0.5) is 5.69 Å². The Bertz CT molecular complexity index is 548. The minimum Gasteiger partial charge on any atom is -0.397 e. The molecule has 94 valence electrons. The van der Waals surface area contributed by atoms with Crippen LogP contribution in [-0.4, -0.2) is 4.98 Å². The van der Waals surface area contributed by atoms with E-state index in [9.17, 15) is 0 Å². The van der Waals surface area contributed by atoms with Gasteiger partial charge < -0.3 is 5.73 Å². The molecule has 0 radical (unpaired) electrons. The van der Waals surface area contributed by atoms with Gasteiger partial charge in [0.15, 0.2) is 0 Å². The van der Waals surface area contributed by atoms with Gasteiger partial charge in [0.1, 0.15) is 0 Å². The molecule has 2 aromatic rings. The smallest absolute Gasteiger partial charge is 0.0931 e. The first-order valence-electron chi connectivity index (χ1n) is 6.21. The van der Waals surface area contributed by atoms with Crippen LogP contribution in [-0.2, 0) is 5.41 Å². The van der Waals surface area contributed by atoms with Gasteiger partial charge in [-0.2, -0.15) is 0 Å². The fourth-order valence-corrected chi connectivity index (χ4v) is 1.96. The highest BCUT2D eigenvalue weighted by Gasteiger charge is 2.13. The van der Waals surface area contributed by atoms with E-state index in [4.69, 9.17) is 5.73 Å². The van der Waals surface area contributed by atoms with E-state index in [0.717, 1.165) is 22.5 Å². The second-order valence-corrected chi connectivity index (χ2v) is 5.78. The van der Waals surface area contributed by atoms with Crippen molar-refractivity contribution in [1.82, 2.24) is 4.98 Å². The van der Waals surface area contributed by atoms with Gasteiger partial charge in [-0.3, -0.25) is 4.98 Å². The first-order chi connectivity index (χ1) is 8.38. The summed E-state index contributed by atoms with van der Waals surface area (Å²) in [6.07, 6.45) is 1.85. The predicted molar refractivity (Wildman–Crippen MR) is 77.5 cm³/mol. The van der Waals surface area contributed by atoms with Crippen molar-refractivity contribution < 1.29 is 0 Å². The molecule has 0 aliphatic rings. The van der Waals surface area contributed by atoms with Gasteiger partial charge in [0.2, 0.25) is 0 Å². The lowest BCUT2D eigenvalue weighted by atomic mass is 9.86. The van der Waals surface area contributed by atoms with E-state index < -0.39 is 0 Å². The number of anilines is 1. The Labute approximate surface area is 109 Å². The average Bonchev–Trinajstić information content (AvgIpc) is 2.28. The standard InChI is InChI=1S/C16H20N2/c1-11-9-14(17)15(18-10-11)12-5-7-13(8-6-12)16(2,3)4/h5-10H,17H2,1-4H3. The van der Waals surface area contributed by atoms with Crippen molar-refractivity contribution in [3.8, 4) is 11.3 Å². The summed E-state index contributed by atoms with van der Waals surface area (Å²) < 4.78 is 0. The highest BCUT2D eigenvalue weighted by atomic mass is 14.7. The van der Waals surface area contributed by atoms with Crippen molar-refractivity contribution in [2.45, 2.75) is 33.1 Å². The van der Waals surface area contributed by atoms with Gasteiger partial charge in [-0.05, 0) is 29.5 Å². The Hall–Kier alpha value is -1.83. The van der Waals surface area contributed by atoms with E-state index in [1.807, 2.05) is 19.2 Å². The number of nitrogen functional groups attached to an aromatic ring is 1. The first kappa shape index (κ1) is 12.6. The van der Waals surface area contributed by atoms with Crippen LogP contribution in [0.15, 0.2) is 36.5 Å². The Kier molecular flexibility index (Phi) is 3.12. The maximum Gasteiger partial charge on any atom is 0.0931 e. The summed E-state index contributed by atoms with van der Waals surface area (Å²) in [6.45, 7) is 8.62. The van der Waals surface area contributed by atoms with Gasteiger partial charge in [-0.15, -0.1) is 0 Å². The maximum absolute atomic E-state index is 6.01. The number of hydrogen-bond acceptors (Lipinski definition) is 2. The summed E-state index contributed by atoms with van der Waals surface area (Å²) in [4.78, 5) is 4.41. The molecule has 18 heavy (non-hydrogen) atoms. The van der Waals surface area contributed by atoms with Gasteiger partial charge in [0.05, 0.1) is 11.4 Å². The molecule has 0 fully saturated rings. The van der Waals surface area contributed by atoms with Gasteiger partial charge >= 0.3 is 0 Å². The third-order valence-electron chi connectivity index (χ3n) is 3.08. The van der Waals surface area contributed by atoms with Gasteiger partial charge in [0, 0.05) is 11.8 Å². The van der Waals surface area contributed by atoms with Gasteiger partial charge in [-0.25, -0.2) is 0 Å². The molecule has 0 atom stereocenters. The third kappa shape index (κ3) is 2.53. The lowest BCUT2D eigenvalue weighted by molar-refractivity contribution is 0.590. The van der Waals surface area contributed by atoms with Crippen LogP contribution < -0.4 is 5.73 Å². The Balaban J connectivity index is 2.41. The molecule has 1 aromatic heterocycles. The van der Waals surface area contributed by atoms with Crippen LogP contribution in [0.25, 0.3) is 11.3 Å². The quantitative estimate of drug-likeness (QED) is 0.820. The minimum atomic E-state index is 0.171. The molecule has 2 N–H and O–H groups in total. The molecule has 0 spiro atoms. The van der Waals surface area contributed by atoms with E-state index in [1.54, 1.807) is 0 Å². The molecule has 2 rings (SSSR count). The van der Waals surface area contributed by atoms with Crippen molar-refractivity contribution in [3.05, 3.63) is 47.7 Å². The van der Waals surface area contributed by atoms with E-state index in [2.05, 4.69) is 50.0 Å². The molecule has 0 saturated heterocycles. The third-order valence-corrected chi connectivity index (χ3v) is 3.08. The second kappa shape index (κ2) is 4.45. The number of rotatable bonds is 1. The molecule has 2 heteroatoms. The molecule has 0 aliphatic carbocycles. The molecule has 0 saturated carbocycles. The lowest BCUT2D eigenvalue weighted by Crippen LogP contribution is -2.10. The minimum absolute atomic E-state index is 0.171. The Morgan fingerprint density at radius 2 is 1.67 bits per heavy atom. The highest BCUT2D eigenvalue weighted by Crippen LogP contribution is 2.28. The fourth-order valence-electron chi connectivity index (χ4n) is 1.96. The van der Waals surface area contributed by atoms with Crippen LogP contribution in [0.2, 0.25) is 0 Å². The van der Waals surface area contributed by atoms with Crippen molar-refractivity contribution in [1.29, 1.82) is 0 Å². The highest BCUT2D eigenvalue weighted by molar-refractivity contribution is 5.72. The van der Waals surface area contributed by atoms with E-state index in [-0.39, 0.29) is 5.41 Å². The zero-order chi connectivity index (χ0) is 13.3. The lowest BCUT2D eigenvalue weighted by Gasteiger charge is -2.19. The fraction of sp³-hybridized carbons (Fsp3) is 0.312. The van der Waals surface area contributed by atoms with Crippen molar-refractivity contribution in [2.24, 2.45) is 0 Å². The summed E-state index contributed by atoms with van der Waals surface area (Å²) in [5, 5.41) is 0. The second-order valence-electron chi connectivity index (χ2n) is 5.78. The van der Waals surface area contributed by atoms with Gasteiger partial charge in [0.25, 0.3) is 0 Å². The molecule has 0 unspecified atom stereocenters. The molecule has 0 bridgehead atoms. The monoisotopic (exact) mass is 240 g/mol. The van der Waals surface area contributed by atoms with Crippen LogP contribution in [0.3, 0.4) is 0 Å². The van der Waals surface area contributed by atoms with Crippen LogP contribution >= 0.6 is 0 Å². The molecule has 0 aliphatic heterocycles. The SMILES string of the molecule is Cc1cnc(-c2ccc(C(C)(C)C)cc2)c(N)c1.